The van der Waals surface area contributed by atoms with E-state index in [1.807, 2.05) is 37.3 Å². The number of carbonyl (C=O) groups is 1. The first-order chi connectivity index (χ1) is 8.66. The molecule has 3 atom stereocenters. The van der Waals surface area contributed by atoms with Crippen LogP contribution in [0.3, 0.4) is 0 Å². The van der Waals surface area contributed by atoms with Crippen LogP contribution in [0.2, 0.25) is 0 Å². The normalized spacial score (nSPS) is 24.1. The lowest BCUT2D eigenvalue weighted by Gasteiger charge is -2.27. The Kier molecular flexibility index (Phi) is 6.32. The highest BCUT2D eigenvalue weighted by Gasteiger charge is 2.26. The van der Waals surface area contributed by atoms with E-state index < -0.39 is 0 Å². The summed E-state index contributed by atoms with van der Waals surface area (Å²) in [4.78, 5) is 12.2. The second kappa shape index (κ2) is 7.51. The number of halogens is 1. The van der Waals surface area contributed by atoms with Gasteiger partial charge in [0.15, 0.2) is 0 Å². The van der Waals surface area contributed by atoms with Crippen molar-refractivity contribution in [1.29, 1.82) is 0 Å². The third-order valence-corrected chi connectivity index (χ3v) is 3.74. The highest BCUT2D eigenvalue weighted by atomic mass is 35.5. The molecule has 0 bridgehead atoms. The summed E-state index contributed by atoms with van der Waals surface area (Å²) in [5.41, 5.74) is 7.07. The summed E-state index contributed by atoms with van der Waals surface area (Å²) >= 11 is 0. The molecule has 1 saturated carbocycles. The van der Waals surface area contributed by atoms with Gasteiger partial charge in [-0.25, -0.2) is 0 Å². The molecule has 3 nitrogen and oxygen atoms in total. The van der Waals surface area contributed by atoms with Crippen molar-refractivity contribution < 1.29 is 4.79 Å². The molecule has 0 saturated heterocycles. The fourth-order valence-electron chi connectivity index (χ4n) is 2.62. The number of hydrogen-bond acceptors (Lipinski definition) is 2. The topological polar surface area (TPSA) is 55.1 Å². The van der Waals surface area contributed by atoms with Gasteiger partial charge in [0, 0.05) is 12.0 Å². The van der Waals surface area contributed by atoms with Crippen LogP contribution in [-0.4, -0.2) is 11.9 Å². The first-order valence-corrected chi connectivity index (χ1v) is 6.77. The van der Waals surface area contributed by atoms with Crippen LogP contribution in [0, 0.1) is 5.92 Å². The average molecular weight is 283 g/mol. The average Bonchev–Trinajstić information content (AvgIpc) is 2.39. The lowest BCUT2D eigenvalue weighted by molar-refractivity contribution is -0.126. The summed E-state index contributed by atoms with van der Waals surface area (Å²) < 4.78 is 0. The second-order valence-electron chi connectivity index (χ2n) is 5.26. The molecular formula is C15H23ClN2O. The zero-order chi connectivity index (χ0) is 13.0. The molecule has 0 heterocycles. The molecule has 1 aliphatic carbocycles. The summed E-state index contributed by atoms with van der Waals surface area (Å²) in [6, 6.07) is 10.3. The van der Waals surface area contributed by atoms with Crippen molar-refractivity contribution in [2.24, 2.45) is 11.7 Å². The van der Waals surface area contributed by atoms with E-state index in [-0.39, 0.29) is 36.3 Å². The van der Waals surface area contributed by atoms with Crippen LogP contribution in [0.1, 0.15) is 44.2 Å². The molecule has 0 aliphatic heterocycles. The SMILES string of the molecule is CC(NC(=O)C1CCCC(N)C1)c1ccccc1.Cl. The van der Waals surface area contributed by atoms with E-state index in [0.29, 0.717) is 0 Å². The van der Waals surface area contributed by atoms with E-state index >= 15 is 0 Å². The lowest BCUT2D eigenvalue weighted by atomic mass is 9.85. The predicted molar refractivity (Wildman–Crippen MR) is 80.2 cm³/mol. The largest absolute Gasteiger partial charge is 0.349 e. The monoisotopic (exact) mass is 282 g/mol. The predicted octanol–water partition coefficient (Wildman–Crippen LogP) is 2.80. The molecule has 3 unspecified atom stereocenters. The molecule has 3 N–H and O–H groups in total. The van der Waals surface area contributed by atoms with Crippen LogP contribution in [0.25, 0.3) is 0 Å². The second-order valence-corrected chi connectivity index (χ2v) is 5.26. The molecule has 0 aromatic heterocycles. The van der Waals surface area contributed by atoms with Gasteiger partial charge in [0.25, 0.3) is 0 Å². The van der Waals surface area contributed by atoms with Gasteiger partial charge >= 0.3 is 0 Å². The van der Waals surface area contributed by atoms with Gasteiger partial charge in [-0.1, -0.05) is 36.8 Å². The van der Waals surface area contributed by atoms with Gasteiger partial charge in [0.05, 0.1) is 6.04 Å². The molecular weight excluding hydrogens is 260 g/mol. The van der Waals surface area contributed by atoms with Crippen molar-refractivity contribution in [1.82, 2.24) is 5.32 Å². The van der Waals surface area contributed by atoms with E-state index in [0.717, 1.165) is 31.2 Å². The van der Waals surface area contributed by atoms with Gasteiger partial charge in [-0.2, -0.15) is 0 Å². The van der Waals surface area contributed by atoms with Gasteiger partial charge in [-0.3, -0.25) is 4.79 Å². The van der Waals surface area contributed by atoms with Crippen molar-refractivity contribution in [3.05, 3.63) is 35.9 Å². The van der Waals surface area contributed by atoms with Crippen molar-refractivity contribution in [3.63, 3.8) is 0 Å². The molecule has 0 spiro atoms. The number of nitrogens with two attached hydrogens (primary N) is 1. The van der Waals surface area contributed by atoms with Gasteiger partial charge in [0.2, 0.25) is 5.91 Å². The van der Waals surface area contributed by atoms with E-state index in [9.17, 15) is 4.79 Å². The Morgan fingerprint density at radius 1 is 1.32 bits per heavy atom. The van der Waals surface area contributed by atoms with Crippen LogP contribution in [0.15, 0.2) is 30.3 Å². The lowest BCUT2D eigenvalue weighted by Crippen LogP contribution is -2.38. The Morgan fingerprint density at radius 3 is 2.63 bits per heavy atom. The number of carbonyl (C=O) groups excluding carboxylic acids is 1. The molecule has 2 rings (SSSR count). The number of nitrogens with one attached hydrogen (secondary N) is 1. The van der Waals surface area contributed by atoms with Crippen LogP contribution < -0.4 is 11.1 Å². The minimum atomic E-state index is 0. The van der Waals surface area contributed by atoms with Crippen molar-refractivity contribution >= 4 is 18.3 Å². The number of rotatable bonds is 3. The van der Waals surface area contributed by atoms with Gasteiger partial charge in [0.1, 0.15) is 0 Å². The molecule has 19 heavy (non-hydrogen) atoms. The molecule has 1 amide bonds. The summed E-state index contributed by atoms with van der Waals surface area (Å²) in [6.07, 6.45) is 3.92. The van der Waals surface area contributed by atoms with Crippen molar-refractivity contribution in [3.8, 4) is 0 Å². The van der Waals surface area contributed by atoms with Crippen LogP contribution in [0.4, 0.5) is 0 Å². The van der Waals surface area contributed by atoms with Crippen LogP contribution in [-0.2, 0) is 4.79 Å². The van der Waals surface area contributed by atoms with Crippen molar-refractivity contribution in [2.45, 2.75) is 44.7 Å². The molecule has 1 aromatic rings. The minimum Gasteiger partial charge on any atom is -0.349 e. The first kappa shape index (κ1) is 16.0. The quantitative estimate of drug-likeness (QED) is 0.896. The summed E-state index contributed by atoms with van der Waals surface area (Å²) in [7, 11) is 0. The highest BCUT2D eigenvalue weighted by Crippen LogP contribution is 2.24. The van der Waals surface area contributed by atoms with Crippen molar-refractivity contribution in [2.75, 3.05) is 0 Å². The van der Waals surface area contributed by atoms with Crippen LogP contribution >= 0.6 is 12.4 Å². The number of hydrogen-bond donors (Lipinski definition) is 2. The Labute approximate surface area is 121 Å². The summed E-state index contributed by atoms with van der Waals surface area (Å²) in [5.74, 6) is 0.251. The summed E-state index contributed by atoms with van der Waals surface area (Å²) in [6.45, 7) is 2.02. The maximum atomic E-state index is 12.2. The smallest absolute Gasteiger partial charge is 0.223 e. The van der Waals surface area contributed by atoms with Gasteiger partial charge in [-0.05, 0) is 31.7 Å². The van der Waals surface area contributed by atoms with Gasteiger partial charge < -0.3 is 11.1 Å². The molecule has 1 fully saturated rings. The number of amides is 1. The maximum Gasteiger partial charge on any atom is 0.223 e. The van der Waals surface area contributed by atoms with Crippen LogP contribution in [0.5, 0.6) is 0 Å². The Hall–Kier alpha value is -1.06. The zero-order valence-corrected chi connectivity index (χ0v) is 12.2. The van der Waals surface area contributed by atoms with E-state index in [2.05, 4.69) is 5.32 Å². The fourth-order valence-corrected chi connectivity index (χ4v) is 2.62. The Balaban J connectivity index is 0.00000180. The van der Waals surface area contributed by atoms with E-state index in [1.54, 1.807) is 0 Å². The fraction of sp³-hybridized carbons (Fsp3) is 0.533. The first-order valence-electron chi connectivity index (χ1n) is 6.77. The van der Waals surface area contributed by atoms with E-state index in [4.69, 9.17) is 5.73 Å². The summed E-state index contributed by atoms with van der Waals surface area (Å²) in [5, 5.41) is 3.09. The standard InChI is InChI=1S/C15H22N2O.ClH/c1-11(12-6-3-2-4-7-12)17-15(18)13-8-5-9-14(16)10-13;/h2-4,6-7,11,13-14H,5,8-10,16H2,1H3,(H,17,18);1H. The molecule has 0 radical (unpaired) electrons. The molecule has 106 valence electrons. The third kappa shape index (κ3) is 4.51. The maximum absolute atomic E-state index is 12.2. The van der Waals surface area contributed by atoms with Gasteiger partial charge in [-0.15, -0.1) is 12.4 Å². The molecule has 4 heteroatoms. The Morgan fingerprint density at radius 2 is 2.00 bits per heavy atom. The Bertz CT molecular complexity index is 396. The third-order valence-electron chi connectivity index (χ3n) is 3.74. The zero-order valence-electron chi connectivity index (χ0n) is 11.3. The number of benzene rings is 1. The molecule has 1 aromatic carbocycles. The van der Waals surface area contributed by atoms with E-state index in [1.165, 1.54) is 0 Å². The highest BCUT2D eigenvalue weighted by molar-refractivity contribution is 5.85. The molecule has 1 aliphatic rings. The minimum absolute atomic E-state index is 0.